The Hall–Kier alpha value is -1.68. The molecule has 1 aliphatic rings. The van der Waals surface area contributed by atoms with Crippen molar-refractivity contribution in [1.82, 2.24) is 10.0 Å². The average Bonchev–Trinajstić information content (AvgIpc) is 2.86. The van der Waals surface area contributed by atoms with Crippen molar-refractivity contribution < 1.29 is 22.7 Å². The lowest BCUT2D eigenvalue weighted by molar-refractivity contribution is -0.143. The lowest BCUT2D eigenvalue weighted by Gasteiger charge is -2.31. The maximum absolute atomic E-state index is 12.7. The van der Waals surface area contributed by atoms with Gasteiger partial charge < -0.3 is 15.8 Å². The van der Waals surface area contributed by atoms with E-state index >= 15 is 0 Å². The number of halogens is 1. The fraction of sp³-hybridized carbons (Fsp3) is 0.692. The van der Waals surface area contributed by atoms with Crippen LogP contribution in [0.15, 0.2) is 24.3 Å². The summed E-state index contributed by atoms with van der Waals surface area (Å²) in [7, 11) is -2.26. The van der Waals surface area contributed by atoms with Gasteiger partial charge in [0.15, 0.2) is 0 Å². The Kier molecular flexibility index (Phi) is 15.2. The summed E-state index contributed by atoms with van der Waals surface area (Å²) in [6.45, 7) is 2.65. The van der Waals surface area contributed by atoms with Gasteiger partial charge in [-0.25, -0.2) is 13.1 Å². The van der Waals surface area contributed by atoms with Crippen molar-refractivity contribution in [3.8, 4) is 0 Å². The van der Waals surface area contributed by atoms with E-state index in [1.54, 1.807) is 0 Å². The number of carbonyl (C=O) groups excluding carboxylic acids is 2. The topological polar surface area (TPSA) is 128 Å². The number of aryl methyl sites for hydroxylation is 1. The van der Waals surface area contributed by atoms with Gasteiger partial charge in [0.25, 0.3) is 5.91 Å². The van der Waals surface area contributed by atoms with Crippen LogP contribution in [-0.2, 0) is 26.0 Å². The van der Waals surface area contributed by atoms with Crippen LogP contribution in [0.25, 0.3) is 0 Å². The number of hydrogen-bond acceptors (Lipinski definition) is 6. The smallest absolute Gasteiger partial charge is 0.323 e. The summed E-state index contributed by atoms with van der Waals surface area (Å²) in [6, 6.07) is 7.00. The molecule has 0 aliphatic heterocycles. The maximum Gasteiger partial charge on any atom is 0.323 e. The van der Waals surface area contributed by atoms with Crippen LogP contribution in [0.3, 0.4) is 0 Å². The summed E-state index contributed by atoms with van der Waals surface area (Å²) in [5.74, 6) is -0.423. The van der Waals surface area contributed by atoms with E-state index in [9.17, 15) is 18.0 Å². The zero-order valence-electron chi connectivity index (χ0n) is 21.7. The quantitative estimate of drug-likeness (QED) is 0.228. The molecule has 1 amide bonds. The Labute approximate surface area is 223 Å². The molecule has 1 fully saturated rings. The van der Waals surface area contributed by atoms with Crippen molar-refractivity contribution in [3.05, 3.63) is 35.4 Å². The van der Waals surface area contributed by atoms with Crippen molar-refractivity contribution in [2.45, 2.75) is 89.6 Å². The largest absolute Gasteiger partial charge is 0.468 e. The van der Waals surface area contributed by atoms with Gasteiger partial charge in [0, 0.05) is 11.6 Å². The predicted molar refractivity (Wildman–Crippen MR) is 146 cm³/mol. The van der Waals surface area contributed by atoms with Crippen LogP contribution in [0.4, 0.5) is 0 Å². The Bertz CT molecular complexity index is 887. The molecule has 8 nitrogen and oxygen atoms in total. The molecular weight excluding hydrogens is 502 g/mol. The minimum Gasteiger partial charge on any atom is -0.468 e. The fourth-order valence-corrected chi connectivity index (χ4v) is 5.97. The molecule has 10 heteroatoms. The lowest BCUT2D eigenvalue weighted by Crippen LogP contribution is -2.44. The molecule has 206 valence electrons. The highest BCUT2D eigenvalue weighted by Crippen LogP contribution is 2.28. The van der Waals surface area contributed by atoms with E-state index in [0.29, 0.717) is 18.4 Å². The van der Waals surface area contributed by atoms with E-state index in [1.165, 1.54) is 12.7 Å². The number of hydrogen-bond donors (Lipinski definition) is 3. The molecule has 0 spiro atoms. The summed E-state index contributed by atoms with van der Waals surface area (Å²) in [5.41, 5.74) is 7.42. The molecule has 0 saturated heterocycles. The number of sulfonamides is 1. The Morgan fingerprint density at radius 2 is 1.72 bits per heavy atom. The molecule has 0 heterocycles. The van der Waals surface area contributed by atoms with Gasteiger partial charge >= 0.3 is 5.97 Å². The number of carbonyl (C=O) groups is 2. The van der Waals surface area contributed by atoms with Gasteiger partial charge in [-0.15, -0.1) is 12.4 Å². The van der Waals surface area contributed by atoms with Crippen molar-refractivity contribution in [2.24, 2.45) is 11.7 Å². The van der Waals surface area contributed by atoms with E-state index in [4.69, 9.17) is 10.5 Å². The van der Waals surface area contributed by atoms with Crippen LogP contribution >= 0.6 is 12.4 Å². The van der Waals surface area contributed by atoms with Crippen molar-refractivity contribution in [2.75, 3.05) is 19.4 Å². The highest BCUT2D eigenvalue weighted by Gasteiger charge is 2.30. The number of nitrogens with one attached hydrogen (secondary N) is 2. The Balaban J connectivity index is 0.00000648. The van der Waals surface area contributed by atoms with E-state index in [0.717, 1.165) is 64.3 Å². The maximum atomic E-state index is 12.7. The van der Waals surface area contributed by atoms with Gasteiger partial charge in [0.05, 0.1) is 12.9 Å². The second-order valence-corrected chi connectivity index (χ2v) is 11.5. The Morgan fingerprint density at radius 3 is 2.31 bits per heavy atom. The fourth-order valence-electron chi connectivity index (χ4n) is 4.56. The minimum atomic E-state index is -3.53. The number of benzene rings is 1. The van der Waals surface area contributed by atoms with Crippen molar-refractivity contribution in [3.63, 3.8) is 0 Å². The van der Waals surface area contributed by atoms with Crippen LogP contribution in [0.1, 0.15) is 87.1 Å². The molecule has 1 unspecified atom stereocenters. The normalized spacial score (nSPS) is 18.6. The summed E-state index contributed by atoms with van der Waals surface area (Å²) in [5, 5.41) is 3.13. The molecule has 4 N–H and O–H groups in total. The van der Waals surface area contributed by atoms with Crippen molar-refractivity contribution >= 4 is 34.3 Å². The average molecular weight is 546 g/mol. The van der Waals surface area contributed by atoms with Crippen LogP contribution < -0.4 is 15.8 Å². The lowest BCUT2D eigenvalue weighted by atomic mass is 9.82. The first-order valence-corrected chi connectivity index (χ1v) is 14.6. The van der Waals surface area contributed by atoms with Gasteiger partial charge in [0.1, 0.15) is 6.04 Å². The van der Waals surface area contributed by atoms with Crippen LogP contribution in [0.5, 0.6) is 0 Å². The second-order valence-electron chi connectivity index (χ2n) is 9.59. The van der Waals surface area contributed by atoms with Crippen LogP contribution in [0, 0.1) is 5.92 Å². The van der Waals surface area contributed by atoms with Crippen molar-refractivity contribution in [1.29, 1.82) is 0 Å². The molecule has 1 aliphatic carbocycles. The first-order valence-electron chi connectivity index (χ1n) is 13.0. The van der Waals surface area contributed by atoms with E-state index in [1.807, 2.05) is 31.2 Å². The zero-order chi connectivity index (χ0) is 25.7. The molecule has 0 radical (unpaired) electrons. The predicted octanol–water partition coefficient (Wildman–Crippen LogP) is 3.72. The third kappa shape index (κ3) is 11.6. The number of ether oxygens (including phenoxy) is 1. The third-order valence-electron chi connectivity index (χ3n) is 6.71. The second kappa shape index (κ2) is 16.9. The zero-order valence-corrected chi connectivity index (χ0v) is 23.3. The number of methoxy groups -OCH3 is 1. The Morgan fingerprint density at radius 1 is 1.06 bits per heavy atom. The molecule has 1 saturated carbocycles. The SMILES string of the molecule is CCCCS(=O)(=O)NC(CC1CCC(NC(=O)c2ccc(CCCCCN)cc2)CC1)C(=O)OC.Cl. The van der Waals surface area contributed by atoms with Gasteiger partial charge in [0.2, 0.25) is 10.0 Å². The first-order chi connectivity index (χ1) is 16.8. The third-order valence-corrected chi connectivity index (χ3v) is 8.18. The van der Waals surface area contributed by atoms with Gasteiger partial charge in [-0.2, -0.15) is 0 Å². The minimum absolute atomic E-state index is 0. The molecule has 2 rings (SSSR count). The summed E-state index contributed by atoms with van der Waals surface area (Å²) in [6.07, 6.45) is 9.20. The van der Waals surface area contributed by atoms with Gasteiger partial charge in [-0.3, -0.25) is 9.59 Å². The number of rotatable bonds is 15. The summed E-state index contributed by atoms with van der Waals surface area (Å²) < 4.78 is 32.0. The molecular formula is C26H44ClN3O5S. The first kappa shape index (κ1) is 32.3. The monoisotopic (exact) mass is 545 g/mol. The van der Waals surface area contributed by atoms with Gasteiger partial charge in [-0.1, -0.05) is 31.9 Å². The molecule has 1 aromatic carbocycles. The highest BCUT2D eigenvalue weighted by atomic mass is 35.5. The van der Waals surface area contributed by atoms with Crippen LogP contribution in [-0.4, -0.2) is 51.8 Å². The van der Waals surface area contributed by atoms with E-state index < -0.39 is 22.0 Å². The molecule has 0 bridgehead atoms. The van der Waals surface area contributed by atoms with E-state index in [2.05, 4.69) is 10.0 Å². The summed E-state index contributed by atoms with van der Waals surface area (Å²) >= 11 is 0. The van der Waals surface area contributed by atoms with E-state index in [-0.39, 0.29) is 36.0 Å². The van der Waals surface area contributed by atoms with Crippen LogP contribution in [0.2, 0.25) is 0 Å². The standard InChI is InChI=1S/C26H43N3O5S.ClH/c1-3-4-18-35(32,33)29-24(26(31)34-2)19-21-11-15-23(16-12-21)28-25(30)22-13-9-20(10-14-22)8-6-5-7-17-27;/h9-10,13-14,21,23-24,29H,3-8,11-12,15-19,27H2,1-2H3,(H,28,30);1H. The molecule has 1 aromatic rings. The highest BCUT2D eigenvalue weighted by molar-refractivity contribution is 7.89. The number of amides is 1. The number of nitrogens with two attached hydrogens (primary N) is 1. The van der Waals surface area contributed by atoms with Gasteiger partial charge in [-0.05, 0) is 87.9 Å². The summed E-state index contributed by atoms with van der Waals surface area (Å²) in [4.78, 5) is 24.9. The molecule has 1 atom stereocenters. The molecule has 0 aromatic heterocycles. The number of esters is 1. The number of unbranched alkanes of at least 4 members (excludes halogenated alkanes) is 3. The molecule has 36 heavy (non-hydrogen) atoms.